The summed E-state index contributed by atoms with van der Waals surface area (Å²) in [6, 6.07) is -0.721. The van der Waals surface area contributed by atoms with E-state index in [2.05, 4.69) is 10.1 Å². The van der Waals surface area contributed by atoms with Crippen molar-refractivity contribution in [3.8, 4) is 0 Å². The monoisotopic (exact) mass is 201 g/mol. The maximum Gasteiger partial charge on any atom is 0.328 e. The maximum absolute atomic E-state index is 11.1. The molecule has 0 fully saturated rings. The molecule has 0 aliphatic heterocycles. The molecule has 0 saturated carbocycles. The molecule has 0 radical (unpaired) electrons. The average molecular weight is 201 g/mol. The molecule has 0 bridgehead atoms. The Morgan fingerprint density at radius 1 is 1.29 bits per heavy atom. The summed E-state index contributed by atoms with van der Waals surface area (Å²) in [7, 11) is 1.24. The molecular weight excluding hydrogens is 186 g/mol. The molecule has 0 aromatic rings. The Balaban J connectivity index is 4.17. The van der Waals surface area contributed by atoms with Crippen LogP contribution in [0.5, 0.6) is 0 Å². The van der Waals surface area contributed by atoms with Gasteiger partial charge in [-0.05, 0) is 13.3 Å². The molecule has 1 amide bonds. The zero-order valence-electron chi connectivity index (χ0n) is 8.62. The van der Waals surface area contributed by atoms with E-state index in [1.807, 2.05) is 0 Å². The number of esters is 1. The van der Waals surface area contributed by atoms with Gasteiger partial charge in [0, 0.05) is 13.3 Å². The second kappa shape index (κ2) is 6.12. The lowest BCUT2D eigenvalue weighted by atomic mass is 10.1. The van der Waals surface area contributed by atoms with Crippen LogP contribution in [-0.4, -0.2) is 30.8 Å². The van der Waals surface area contributed by atoms with E-state index in [4.69, 9.17) is 0 Å². The molecule has 0 saturated heterocycles. The molecule has 0 unspecified atom stereocenters. The van der Waals surface area contributed by atoms with Gasteiger partial charge in [0.15, 0.2) is 0 Å². The van der Waals surface area contributed by atoms with Crippen molar-refractivity contribution in [2.24, 2.45) is 0 Å². The lowest BCUT2D eigenvalue weighted by Gasteiger charge is -2.14. The van der Waals surface area contributed by atoms with E-state index in [1.54, 1.807) is 0 Å². The summed E-state index contributed by atoms with van der Waals surface area (Å²) in [5.41, 5.74) is 0. The third kappa shape index (κ3) is 5.29. The third-order valence-corrected chi connectivity index (χ3v) is 1.65. The van der Waals surface area contributed by atoms with Crippen LogP contribution >= 0.6 is 0 Å². The summed E-state index contributed by atoms with van der Waals surface area (Å²) >= 11 is 0. The number of carbonyl (C=O) groups excluding carboxylic acids is 3. The number of methoxy groups -OCH3 is 1. The first-order valence-electron chi connectivity index (χ1n) is 4.31. The smallest absolute Gasteiger partial charge is 0.328 e. The van der Waals surface area contributed by atoms with Crippen LogP contribution < -0.4 is 5.32 Å². The molecule has 0 aromatic heterocycles. The van der Waals surface area contributed by atoms with Gasteiger partial charge in [-0.25, -0.2) is 4.79 Å². The van der Waals surface area contributed by atoms with Crippen LogP contribution in [0.1, 0.15) is 26.7 Å². The molecule has 0 aliphatic rings. The van der Waals surface area contributed by atoms with Crippen LogP contribution in [0.2, 0.25) is 0 Å². The van der Waals surface area contributed by atoms with Crippen molar-refractivity contribution >= 4 is 17.7 Å². The van der Waals surface area contributed by atoms with Crippen LogP contribution in [0.15, 0.2) is 0 Å². The fourth-order valence-electron chi connectivity index (χ4n) is 0.984. The number of hydrogen-bond acceptors (Lipinski definition) is 4. The van der Waals surface area contributed by atoms with E-state index in [9.17, 15) is 14.4 Å². The number of ether oxygens (including phenoxy) is 1. The largest absolute Gasteiger partial charge is 0.467 e. The minimum atomic E-state index is -0.721. The lowest BCUT2D eigenvalue weighted by Crippen LogP contribution is -2.40. The van der Waals surface area contributed by atoms with E-state index in [1.165, 1.54) is 21.0 Å². The Kier molecular flexibility index (Phi) is 5.52. The molecule has 0 rings (SSSR count). The molecule has 5 nitrogen and oxygen atoms in total. The van der Waals surface area contributed by atoms with E-state index < -0.39 is 12.0 Å². The van der Waals surface area contributed by atoms with Gasteiger partial charge in [-0.2, -0.15) is 0 Å². The van der Waals surface area contributed by atoms with Gasteiger partial charge in [-0.3, -0.25) is 4.79 Å². The molecule has 0 aromatic carbocycles. The summed E-state index contributed by atoms with van der Waals surface area (Å²) < 4.78 is 4.48. The highest BCUT2D eigenvalue weighted by Gasteiger charge is 2.19. The number of hydrogen-bond donors (Lipinski definition) is 1. The summed E-state index contributed by atoms with van der Waals surface area (Å²) in [5.74, 6) is -0.866. The highest BCUT2D eigenvalue weighted by Crippen LogP contribution is 2.00. The number of amides is 1. The van der Waals surface area contributed by atoms with E-state index in [0.29, 0.717) is 0 Å². The molecule has 1 atom stereocenters. The predicted molar refractivity (Wildman–Crippen MR) is 49.5 cm³/mol. The normalized spacial score (nSPS) is 11.6. The van der Waals surface area contributed by atoms with Gasteiger partial charge in [0.1, 0.15) is 11.8 Å². The van der Waals surface area contributed by atoms with Crippen LogP contribution in [0.3, 0.4) is 0 Å². The quantitative estimate of drug-likeness (QED) is 0.637. The van der Waals surface area contributed by atoms with Crippen molar-refractivity contribution in [1.82, 2.24) is 5.32 Å². The first kappa shape index (κ1) is 12.6. The van der Waals surface area contributed by atoms with Crippen molar-refractivity contribution in [1.29, 1.82) is 0 Å². The van der Waals surface area contributed by atoms with Gasteiger partial charge in [-0.15, -0.1) is 0 Å². The fraction of sp³-hybridized carbons (Fsp3) is 0.667. The fourth-order valence-corrected chi connectivity index (χ4v) is 0.984. The molecule has 0 aliphatic carbocycles. The molecular formula is C9H15NO4. The van der Waals surface area contributed by atoms with E-state index in [0.717, 1.165) is 0 Å². The van der Waals surface area contributed by atoms with Crippen LogP contribution in [-0.2, 0) is 19.1 Å². The van der Waals surface area contributed by atoms with Crippen LogP contribution in [0.25, 0.3) is 0 Å². The second-order valence-corrected chi connectivity index (χ2v) is 3.02. The SMILES string of the molecule is COC(=O)[C@@H](CCC(C)=O)NC(C)=O. The van der Waals surface area contributed by atoms with Crippen molar-refractivity contribution in [2.75, 3.05) is 7.11 Å². The Labute approximate surface area is 82.8 Å². The van der Waals surface area contributed by atoms with Crippen molar-refractivity contribution < 1.29 is 19.1 Å². The van der Waals surface area contributed by atoms with Crippen molar-refractivity contribution in [2.45, 2.75) is 32.7 Å². The highest BCUT2D eigenvalue weighted by atomic mass is 16.5. The Morgan fingerprint density at radius 3 is 2.21 bits per heavy atom. The third-order valence-electron chi connectivity index (χ3n) is 1.65. The van der Waals surface area contributed by atoms with Gasteiger partial charge in [0.05, 0.1) is 7.11 Å². The highest BCUT2D eigenvalue weighted by molar-refractivity contribution is 5.84. The summed E-state index contributed by atoms with van der Waals surface area (Å²) in [6.45, 7) is 2.74. The van der Waals surface area contributed by atoms with Gasteiger partial charge in [-0.1, -0.05) is 0 Å². The molecule has 5 heteroatoms. The van der Waals surface area contributed by atoms with Gasteiger partial charge >= 0.3 is 5.97 Å². The molecule has 0 heterocycles. The maximum atomic E-state index is 11.1. The summed E-state index contributed by atoms with van der Waals surface area (Å²) in [4.78, 5) is 32.5. The standard InChI is InChI=1S/C9H15NO4/c1-6(11)4-5-8(9(13)14-3)10-7(2)12/h8H,4-5H2,1-3H3,(H,10,12)/t8-/m1/s1. The predicted octanol–water partition coefficient (Wildman–Crippen LogP) is 0.0333. The summed E-state index contributed by atoms with van der Waals surface area (Å²) in [6.07, 6.45) is 0.529. The zero-order chi connectivity index (χ0) is 11.1. The minimum absolute atomic E-state index is 0.0238. The Bertz CT molecular complexity index is 237. The number of ketones is 1. The summed E-state index contributed by atoms with van der Waals surface area (Å²) in [5, 5.41) is 2.42. The molecule has 1 N–H and O–H groups in total. The number of carbonyl (C=O) groups is 3. The minimum Gasteiger partial charge on any atom is -0.467 e. The molecule has 14 heavy (non-hydrogen) atoms. The zero-order valence-corrected chi connectivity index (χ0v) is 8.62. The van der Waals surface area contributed by atoms with Crippen molar-refractivity contribution in [3.05, 3.63) is 0 Å². The van der Waals surface area contributed by atoms with E-state index >= 15 is 0 Å². The van der Waals surface area contributed by atoms with Gasteiger partial charge < -0.3 is 14.8 Å². The average Bonchev–Trinajstić information content (AvgIpc) is 2.10. The van der Waals surface area contributed by atoms with Crippen LogP contribution in [0, 0.1) is 0 Å². The Hall–Kier alpha value is -1.39. The first-order valence-corrected chi connectivity index (χ1v) is 4.31. The molecule has 80 valence electrons. The number of rotatable bonds is 5. The molecule has 0 spiro atoms. The van der Waals surface area contributed by atoms with Gasteiger partial charge in [0.2, 0.25) is 5.91 Å². The number of Topliss-reactive ketones (excluding diaryl/α,β-unsaturated/α-hetero) is 1. The van der Waals surface area contributed by atoms with Crippen molar-refractivity contribution in [3.63, 3.8) is 0 Å². The van der Waals surface area contributed by atoms with E-state index in [-0.39, 0.29) is 24.5 Å². The van der Waals surface area contributed by atoms with Crippen LogP contribution in [0.4, 0.5) is 0 Å². The number of nitrogens with one attached hydrogen (secondary N) is 1. The topological polar surface area (TPSA) is 72.5 Å². The first-order chi connectivity index (χ1) is 6.47. The van der Waals surface area contributed by atoms with Gasteiger partial charge in [0.25, 0.3) is 0 Å². The second-order valence-electron chi connectivity index (χ2n) is 3.02. The Morgan fingerprint density at radius 2 is 1.86 bits per heavy atom. The lowest BCUT2D eigenvalue weighted by molar-refractivity contribution is -0.145.